The van der Waals surface area contributed by atoms with Crippen molar-refractivity contribution in [3.05, 3.63) is 65.7 Å². The van der Waals surface area contributed by atoms with Crippen molar-refractivity contribution in [2.45, 2.75) is 44.9 Å². The van der Waals surface area contributed by atoms with Gasteiger partial charge in [-0.15, -0.1) is 0 Å². The van der Waals surface area contributed by atoms with E-state index in [-0.39, 0.29) is 0 Å². The van der Waals surface area contributed by atoms with Crippen LogP contribution >= 0.6 is 0 Å². The average Bonchev–Trinajstić information content (AvgIpc) is 3.38. The molecular weight excluding hydrogens is 372 g/mol. The molecule has 162 valence electrons. The van der Waals surface area contributed by atoms with Gasteiger partial charge in [-0.05, 0) is 36.0 Å². The van der Waals surface area contributed by atoms with Crippen LogP contribution in [0.25, 0.3) is 0 Å². The molecular formula is C26H36N2O2. The van der Waals surface area contributed by atoms with Crippen LogP contribution in [0, 0.1) is 5.92 Å². The summed E-state index contributed by atoms with van der Waals surface area (Å²) in [6.07, 6.45) is 2.52. The summed E-state index contributed by atoms with van der Waals surface area (Å²) in [5, 5.41) is 0. The van der Waals surface area contributed by atoms with Crippen molar-refractivity contribution in [2.24, 2.45) is 5.92 Å². The minimum atomic E-state index is 0.341. The SMILES string of the molecule is COC1CCN(C(COCC(C)C)CN2c3ccccc3CC2c2ccccc2)C1. The van der Waals surface area contributed by atoms with E-state index < -0.39 is 0 Å². The largest absolute Gasteiger partial charge is 0.380 e. The van der Waals surface area contributed by atoms with E-state index in [1.165, 1.54) is 16.8 Å². The van der Waals surface area contributed by atoms with E-state index >= 15 is 0 Å². The van der Waals surface area contributed by atoms with E-state index in [0.29, 0.717) is 24.1 Å². The van der Waals surface area contributed by atoms with Gasteiger partial charge in [0.1, 0.15) is 0 Å². The molecule has 0 aromatic heterocycles. The maximum atomic E-state index is 6.17. The second-order valence-corrected chi connectivity index (χ2v) is 9.14. The molecule has 2 aromatic carbocycles. The maximum absolute atomic E-state index is 6.17. The van der Waals surface area contributed by atoms with Crippen LogP contribution < -0.4 is 4.90 Å². The fourth-order valence-electron chi connectivity index (χ4n) is 4.87. The monoisotopic (exact) mass is 408 g/mol. The highest BCUT2D eigenvalue weighted by atomic mass is 16.5. The molecule has 1 saturated heterocycles. The summed E-state index contributed by atoms with van der Waals surface area (Å²) < 4.78 is 11.8. The molecule has 3 unspecified atom stereocenters. The third-order valence-corrected chi connectivity index (χ3v) is 6.47. The van der Waals surface area contributed by atoms with Crippen LogP contribution in [0.15, 0.2) is 54.6 Å². The topological polar surface area (TPSA) is 24.9 Å². The van der Waals surface area contributed by atoms with Crippen molar-refractivity contribution in [1.82, 2.24) is 4.90 Å². The Morgan fingerprint density at radius 3 is 2.50 bits per heavy atom. The van der Waals surface area contributed by atoms with E-state index in [1.54, 1.807) is 0 Å². The lowest BCUT2D eigenvalue weighted by atomic mass is 10.0. The Bertz CT molecular complexity index is 795. The number of rotatable bonds is 9. The van der Waals surface area contributed by atoms with Gasteiger partial charge in [0, 0.05) is 39.0 Å². The molecule has 3 atom stereocenters. The number of ether oxygens (including phenoxy) is 2. The van der Waals surface area contributed by atoms with Crippen LogP contribution in [0.4, 0.5) is 5.69 Å². The molecule has 4 heteroatoms. The molecule has 0 N–H and O–H groups in total. The Balaban J connectivity index is 1.56. The number of hydrogen-bond donors (Lipinski definition) is 0. The zero-order valence-electron chi connectivity index (χ0n) is 18.7. The molecule has 30 heavy (non-hydrogen) atoms. The van der Waals surface area contributed by atoms with Crippen LogP contribution in [0.2, 0.25) is 0 Å². The van der Waals surface area contributed by atoms with E-state index in [1.807, 2.05) is 7.11 Å². The Labute approximate surface area is 181 Å². The predicted molar refractivity (Wildman–Crippen MR) is 123 cm³/mol. The number of hydrogen-bond acceptors (Lipinski definition) is 4. The first kappa shape index (κ1) is 21.4. The number of nitrogens with zero attached hydrogens (tertiary/aromatic N) is 2. The fraction of sp³-hybridized carbons (Fsp3) is 0.538. The molecule has 2 aromatic rings. The molecule has 0 radical (unpaired) electrons. The van der Waals surface area contributed by atoms with E-state index in [0.717, 1.165) is 45.7 Å². The van der Waals surface area contributed by atoms with Crippen LogP contribution in [-0.2, 0) is 15.9 Å². The van der Waals surface area contributed by atoms with Gasteiger partial charge >= 0.3 is 0 Å². The average molecular weight is 409 g/mol. The summed E-state index contributed by atoms with van der Waals surface area (Å²) in [6.45, 7) is 9.08. The summed E-state index contributed by atoms with van der Waals surface area (Å²) in [4.78, 5) is 5.20. The number of methoxy groups -OCH3 is 1. The molecule has 4 nitrogen and oxygen atoms in total. The smallest absolute Gasteiger partial charge is 0.0710 e. The molecule has 4 rings (SSSR count). The lowest BCUT2D eigenvalue weighted by Crippen LogP contribution is -2.46. The highest BCUT2D eigenvalue weighted by molar-refractivity contribution is 5.61. The highest BCUT2D eigenvalue weighted by Gasteiger charge is 2.35. The standard InChI is InChI=1S/C26H36N2O2/c1-20(2)18-30-19-23(27-14-13-24(17-27)29-3)16-28-25-12-8-7-11-22(25)15-26(28)21-9-5-4-6-10-21/h4-12,20,23-24,26H,13-19H2,1-3H3. The quantitative estimate of drug-likeness (QED) is 0.608. The van der Waals surface area contributed by atoms with E-state index in [4.69, 9.17) is 9.47 Å². The molecule has 0 amide bonds. The molecule has 0 saturated carbocycles. The molecule has 2 aliphatic rings. The first-order chi connectivity index (χ1) is 14.7. The highest BCUT2D eigenvalue weighted by Crippen LogP contribution is 2.40. The molecule has 1 fully saturated rings. The van der Waals surface area contributed by atoms with Crippen LogP contribution in [0.1, 0.15) is 37.4 Å². The summed E-state index contributed by atoms with van der Waals surface area (Å²) in [7, 11) is 1.83. The van der Waals surface area contributed by atoms with Crippen molar-refractivity contribution < 1.29 is 9.47 Å². The number of benzene rings is 2. The number of fused-ring (bicyclic) bond motifs is 1. The number of anilines is 1. The predicted octanol–water partition coefficient (Wildman–Crippen LogP) is 4.55. The Kier molecular flexibility index (Phi) is 7.08. The third-order valence-electron chi connectivity index (χ3n) is 6.47. The van der Waals surface area contributed by atoms with Gasteiger partial charge in [0.25, 0.3) is 0 Å². The normalized spacial score (nSPS) is 22.6. The van der Waals surface area contributed by atoms with Crippen LogP contribution in [0.5, 0.6) is 0 Å². The second kappa shape index (κ2) is 9.95. The van der Waals surface area contributed by atoms with Crippen LogP contribution in [0.3, 0.4) is 0 Å². The Hall–Kier alpha value is -1.88. The number of likely N-dealkylation sites (tertiary alicyclic amines) is 1. The maximum Gasteiger partial charge on any atom is 0.0710 e. The van der Waals surface area contributed by atoms with Crippen molar-refractivity contribution >= 4 is 5.69 Å². The summed E-state index contributed by atoms with van der Waals surface area (Å²) in [6, 6.07) is 20.6. The van der Waals surface area contributed by atoms with Gasteiger partial charge in [0.2, 0.25) is 0 Å². The van der Waals surface area contributed by atoms with Crippen molar-refractivity contribution in [1.29, 1.82) is 0 Å². The zero-order valence-corrected chi connectivity index (χ0v) is 18.7. The van der Waals surface area contributed by atoms with Gasteiger partial charge in [-0.25, -0.2) is 0 Å². The van der Waals surface area contributed by atoms with Crippen molar-refractivity contribution in [2.75, 3.05) is 44.9 Å². The lowest BCUT2D eigenvalue weighted by molar-refractivity contribution is 0.0464. The molecule has 0 aliphatic carbocycles. The summed E-state index contributed by atoms with van der Waals surface area (Å²) in [5.41, 5.74) is 4.22. The Morgan fingerprint density at radius 1 is 1.00 bits per heavy atom. The summed E-state index contributed by atoms with van der Waals surface area (Å²) in [5.74, 6) is 0.556. The van der Waals surface area contributed by atoms with Gasteiger partial charge in [0.15, 0.2) is 0 Å². The molecule has 2 aliphatic heterocycles. The molecule has 0 bridgehead atoms. The number of para-hydroxylation sites is 1. The second-order valence-electron chi connectivity index (χ2n) is 9.14. The van der Waals surface area contributed by atoms with Crippen molar-refractivity contribution in [3.8, 4) is 0 Å². The lowest BCUT2D eigenvalue weighted by Gasteiger charge is -2.36. The van der Waals surface area contributed by atoms with Crippen LogP contribution in [-0.4, -0.2) is 57.0 Å². The first-order valence-electron chi connectivity index (χ1n) is 11.4. The minimum Gasteiger partial charge on any atom is -0.380 e. The third kappa shape index (κ3) is 4.88. The van der Waals surface area contributed by atoms with E-state index in [2.05, 4.69) is 78.2 Å². The Morgan fingerprint density at radius 2 is 1.77 bits per heavy atom. The fourth-order valence-corrected chi connectivity index (χ4v) is 4.87. The van der Waals surface area contributed by atoms with Crippen molar-refractivity contribution in [3.63, 3.8) is 0 Å². The van der Waals surface area contributed by atoms with Gasteiger partial charge in [-0.1, -0.05) is 62.4 Å². The van der Waals surface area contributed by atoms with Gasteiger partial charge < -0.3 is 14.4 Å². The summed E-state index contributed by atoms with van der Waals surface area (Å²) >= 11 is 0. The molecule has 2 heterocycles. The molecule has 0 spiro atoms. The van der Waals surface area contributed by atoms with Gasteiger partial charge in [-0.2, -0.15) is 0 Å². The minimum absolute atomic E-state index is 0.341. The first-order valence-corrected chi connectivity index (χ1v) is 11.4. The van der Waals surface area contributed by atoms with Gasteiger partial charge in [-0.3, -0.25) is 4.90 Å². The van der Waals surface area contributed by atoms with Gasteiger partial charge in [0.05, 0.1) is 24.8 Å². The van der Waals surface area contributed by atoms with E-state index in [9.17, 15) is 0 Å². The zero-order chi connectivity index (χ0) is 20.9.